The number of rotatable bonds is 0. The lowest BCUT2D eigenvalue weighted by atomic mass is 9.97. The molecule has 0 aromatic rings. The predicted octanol–water partition coefficient (Wildman–Crippen LogP) is 2.32. The summed E-state index contributed by atoms with van der Waals surface area (Å²) < 4.78 is 0. The summed E-state index contributed by atoms with van der Waals surface area (Å²) in [6.07, 6.45) is 8.43. The summed E-state index contributed by atoms with van der Waals surface area (Å²) >= 11 is 0. The number of allylic oxidation sites excluding steroid dienone is 2. The molecule has 6 aliphatic carbocycles. The van der Waals surface area contributed by atoms with Crippen molar-refractivity contribution < 1.29 is 0 Å². The minimum atomic E-state index is 1.06. The molecule has 0 aromatic heterocycles. The van der Waals surface area contributed by atoms with Crippen LogP contribution in [0.15, 0.2) is 12.2 Å². The van der Waals surface area contributed by atoms with Gasteiger partial charge in [-0.2, -0.15) is 0 Å². The van der Waals surface area contributed by atoms with Gasteiger partial charge in [-0.15, -0.1) is 0 Å². The van der Waals surface area contributed by atoms with Gasteiger partial charge >= 0.3 is 0 Å². The molecule has 2 unspecified atom stereocenters. The Kier molecular flexibility index (Phi) is 0.603. The third-order valence-corrected chi connectivity index (χ3v) is 5.51. The molecule has 0 aromatic carbocycles. The Morgan fingerprint density at radius 3 is 1.92 bits per heavy atom. The molecule has 4 fully saturated rings. The lowest BCUT2D eigenvalue weighted by Crippen LogP contribution is -2.02. The molecule has 0 aliphatic heterocycles. The van der Waals surface area contributed by atoms with Gasteiger partial charge in [0.2, 0.25) is 0 Å². The SMILES string of the molecule is C1=CC2[C@H]3C[C@H]3C3C1C3[C@@H]1C[C@H]21. The number of hydrogen-bond donors (Lipinski definition) is 0. The van der Waals surface area contributed by atoms with Gasteiger partial charge in [0.15, 0.2) is 0 Å². The topological polar surface area (TPSA) is 0 Å². The van der Waals surface area contributed by atoms with Crippen molar-refractivity contribution in [1.82, 2.24) is 0 Å². The van der Waals surface area contributed by atoms with Crippen LogP contribution in [0.4, 0.5) is 0 Å². The van der Waals surface area contributed by atoms with Crippen LogP contribution in [0.25, 0.3) is 0 Å². The van der Waals surface area contributed by atoms with Crippen LogP contribution < -0.4 is 0 Å². The van der Waals surface area contributed by atoms with Crippen molar-refractivity contribution in [2.24, 2.45) is 47.3 Å². The second-order valence-corrected chi connectivity index (χ2v) is 5.82. The summed E-state index contributed by atoms with van der Waals surface area (Å²) in [6.45, 7) is 0. The second-order valence-electron chi connectivity index (χ2n) is 5.82. The average molecular weight is 158 g/mol. The van der Waals surface area contributed by atoms with Gasteiger partial charge in [0.1, 0.15) is 0 Å². The van der Waals surface area contributed by atoms with Crippen LogP contribution in [0.5, 0.6) is 0 Å². The Hall–Kier alpha value is -0.260. The van der Waals surface area contributed by atoms with E-state index in [0.29, 0.717) is 0 Å². The smallest absolute Gasteiger partial charge is 0.0165 e. The first-order valence-corrected chi connectivity index (χ1v) is 5.63. The average Bonchev–Trinajstić information content (AvgIpc) is 2.81. The maximum atomic E-state index is 2.62. The molecule has 6 aliphatic rings. The van der Waals surface area contributed by atoms with Crippen molar-refractivity contribution in [3.63, 3.8) is 0 Å². The molecule has 4 bridgehead atoms. The summed E-state index contributed by atoms with van der Waals surface area (Å²) in [7, 11) is 0. The molecule has 62 valence electrons. The predicted molar refractivity (Wildman–Crippen MR) is 46.3 cm³/mol. The molecule has 4 saturated carbocycles. The van der Waals surface area contributed by atoms with E-state index in [1.807, 2.05) is 0 Å². The fraction of sp³-hybridized carbons (Fsp3) is 0.833. The van der Waals surface area contributed by atoms with Crippen LogP contribution in [0.1, 0.15) is 12.8 Å². The third kappa shape index (κ3) is 0.407. The van der Waals surface area contributed by atoms with Crippen LogP contribution in [0, 0.1) is 47.3 Å². The van der Waals surface area contributed by atoms with Gasteiger partial charge in [-0.1, -0.05) is 12.2 Å². The molecule has 0 spiro atoms. The first-order chi connectivity index (χ1) is 5.95. The van der Waals surface area contributed by atoms with E-state index in [9.17, 15) is 0 Å². The fourth-order valence-corrected chi connectivity index (χ4v) is 4.88. The highest BCUT2D eigenvalue weighted by molar-refractivity contribution is 5.30. The zero-order chi connectivity index (χ0) is 7.45. The van der Waals surface area contributed by atoms with Gasteiger partial charge in [0.05, 0.1) is 0 Å². The van der Waals surface area contributed by atoms with Crippen LogP contribution in [0.3, 0.4) is 0 Å². The summed E-state index contributed by atoms with van der Waals surface area (Å²) in [4.78, 5) is 0. The summed E-state index contributed by atoms with van der Waals surface area (Å²) in [6, 6.07) is 0. The normalized spacial score (nSPS) is 78.7. The Morgan fingerprint density at radius 2 is 1.25 bits per heavy atom. The monoisotopic (exact) mass is 158 g/mol. The van der Waals surface area contributed by atoms with Crippen molar-refractivity contribution in [2.45, 2.75) is 12.8 Å². The van der Waals surface area contributed by atoms with Gasteiger partial charge < -0.3 is 0 Å². The van der Waals surface area contributed by atoms with Gasteiger partial charge in [0.25, 0.3) is 0 Å². The van der Waals surface area contributed by atoms with Crippen molar-refractivity contribution in [3.05, 3.63) is 12.2 Å². The van der Waals surface area contributed by atoms with E-state index >= 15 is 0 Å². The quantitative estimate of drug-likeness (QED) is 0.475. The molecule has 0 amide bonds. The van der Waals surface area contributed by atoms with Crippen molar-refractivity contribution in [1.29, 1.82) is 0 Å². The largest absolute Gasteiger partial charge is 0.0845 e. The zero-order valence-electron chi connectivity index (χ0n) is 7.19. The fourth-order valence-electron chi connectivity index (χ4n) is 4.88. The van der Waals surface area contributed by atoms with E-state index in [-0.39, 0.29) is 0 Å². The molecule has 0 nitrogen and oxygen atoms in total. The Bertz CT molecular complexity index is 279. The molecule has 0 N–H and O–H groups in total. The van der Waals surface area contributed by atoms with Crippen LogP contribution in [0.2, 0.25) is 0 Å². The Labute approximate surface area is 73.0 Å². The standard InChI is InChI=1S/C12H14/c1-2-6-11-9-3-7(9)5(1)8-4-10(8)12(6)11/h1-2,5-12H,3-4H2/t5?,6?,7-,8-,9-,10-,11?,12?/m1/s1. The molecule has 6 atom stereocenters. The van der Waals surface area contributed by atoms with Crippen molar-refractivity contribution >= 4 is 0 Å². The van der Waals surface area contributed by atoms with Crippen molar-refractivity contribution in [3.8, 4) is 0 Å². The van der Waals surface area contributed by atoms with Crippen LogP contribution in [-0.4, -0.2) is 0 Å². The van der Waals surface area contributed by atoms with Crippen molar-refractivity contribution in [2.75, 3.05) is 0 Å². The number of hydrogen-bond acceptors (Lipinski definition) is 0. The molecule has 6 rings (SSSR count). The third-order valence-electron chi connectivity index (χ3n) is 5.51. The van der Waals surface area contributed by atoms with E-state index in [4.69, 9.17) is 0 Å². The highest BCUT2D eigenvalue weighted by atomic mass is 14.8. The highest BCUT2D eigenvalue weighted by Gasteiger charge is 2.73. The maximum Gasteiger partial charge on any atom is -0.0165 e. The first kappa shape index (κ1) is 5.47. The molecule has 0 heterocycles. The molecule has 0 saturated heterocycles. The summed E-state index contributed by atoms with van der Waals surface area (Å²) in [5, 5.41) is 0. The van der Waals surface area contributed by atoms with Gasteiger partial charge in [0, 0.05) is 0 Å². The van der Waals surface area contributed by atoms with E-state index < -0.39 is 0 Å². The summed E-state index contributed by atoms with van der Waals surface area (Å²) in [5.41, 5.74) is 0. The molecule has 12 heavy (non-hydrogen) atoms. The second kappa shape index (κ2) is 1.32. The minimum absolute atomic E-state index is 1.06. The lowest BCUT2D eigenvalue weighted by Gasteiger charge is -2.08. The van der Waals surface area contributed by atoms with E-state index in [1.165, 1.54) is 35.5 Å². The molecule has 0 radical (unpaired) electrons. The zero-order valence-corrected chi connectivity index (χ0v) is 7.19. The summed E-state index contributed by atoms with van der Waals surface area (Å²) in [5.74, 6) is 9.24. The van der Waals surface area contributed by atoms with Gasteiger partial charge in [-0.05, 0) is 60.2 Å². The Morgan fingerprint density at radius 1 is 0.667 bits per heavy atom. The minimum Gasteiger partial charge on any atom is -0.0845 e. The molecule has 0 heteroatoms. The first-order valence-electron chi connectivity index (χ1n) is 5.63. The van der Waals surface area contributed by atoms with Gasteiger partial charge in [-0.3, -0.25) is 0 Å². The lowest BCUT2D eigenvalue weighted by molar-refractivity contribution is 0.461. The maximum absolute atomic E-state index is 2.62. The molecular formula is C12H14. The van der Waals surface area contributed by atoms with E-state index in [0.717, 1.165) is 11.8 Å². The van der Waals surface area contributed by atoms with Gasteiger partial charge in [-0.25, -0.2) is 0 Å². The molecular weight excluding hydrogens is 144 g/mol. The van der Waals surface area contributed by atoms with Crippen LogP contribution in [-0.2, 0) is 0 Å². The Balaban J connectivity index is 1.78. The van der Waals surface area contributed by atoms with Crippen LogP contribution >= 0.6 is 0 Å². The van der Waals surface area contributed by atoms with E-state index in [1.54, 1.807) is 12.8 Å². The highest BCUT2D eigenvalue weighted by Crippen LogP contribution is 2.78. The van der Waals surface area contributed by atoms with E-state index in [2.05, 4.69) is 12.2 Å².